The van der Waals surface area contributed by atoms with Gasteiger partial charge in [0.25, 0.3) is 0 Å². The summed E-state index contributed by atoms with van der Waals surface area (Å²) in [4.78, 5) is 13.4. The van der Waals surface area contributed by atoms with Gasteiger partial charge in [-0.2, -0.15) is 0 Å². The van der Waals surface area contributed by atoms with Gasteiger partial charge in [-0.25, -0.2) is 9.79 Å². The average Bonchev–Trinajstić information content (AvgIpc) is 2.00. The Hall–Kier alpha value is -0.443. The second-order valence-electron chi connectivity index (χ2n) is 3.03. The molecule has 0 aliphatic carbocycles. The molecule has 0 amide bonds. The molecule has 0 aromatic rings. The molecule has 1 atom stereocenters. The van der Waals surface area contributed by atoms with Crippen LogP contribution in [-0.4, -0.2) is 27.4 Å². The summed E-state index contributed by atoms with van der Waals surface area (Å²) in [7, 11) is -1.24. The lowest BCUT2D eigenvalue weighted by Crippen LogP contribution is -2.25. The zero-order valence-electron chi connectivity index (χ0n) is 8.04. The van der Waals surface area contributed by atoms with Crippen LogP contribution in [0.15, 0.2) is 4.99 Å². The zero-order valence-corrected chi connectivity index (χ0v) is 9.19. The van der Waals surface area contributed by atoms with Crippen molar-refractivity contribution in [1.29, 1.82) is 0 Å². The van der Waals surface area contributed by atoms with Gasteiger partial charge in [0.05, 0.1) is 6.17 Å². The standard InChI is InChI=1S/C8H17NO2Si/c1-4-5-12(7-9-6-10)11-8(2)3/h8,12H,4-5,7H2,1-3H3. The van der Waals surface area contributed by atoms with Gasteiger partial charge in [0.2, 0.25) is 6.08 Å². The second-order valence-corrected chi connectivity index (χ2v) is 5.49. The third-order valence-electron chi connectivity index (χ3n) is 1.43. The number of isocyanates is 1. The molecule has 0 aromatic carbocycles. The van der Waals surface area contributed by atoms with Crippen molar-refractivity contribution in [1.82, 2.24) is 0 Å². The molecule has 4 heteroatoms. The molecular weight excluding hydrogens is 170 g/mol. The van der Waals surface area contributed by atoms with E-state index in [9.17, 15) is 4.79 Å². The largest absolute Gasteiger partial charge is 0.416 e. The fourth-order valence-electron chi connectivity index (χ4n) is 1.05. The summed E-state index contributed by atoms with van der Waals surface area (Å²) in [5.41, 5.74) is 0. The Bertz CT molecular complexity index is 155. The first-order chi connectivity index (χ1) is 5.70. The Morgan fingerprint density at radius 2 is 2.25 bits per heavy atom. The van der Waals surface area contributed by atoms with E-state index in [2.05, 4.69) is 11.9 Å². The number of hydrogen-bond donors (Lipinski definition) is 0. The van der Waals surface area contributed by atoms with Gasteiger partial charge in [-0.15, -0.1) is 0 Å². The molecule has 0 saturated heterocycles. The Balaban J connectivity index is 3.76. The molecule has 0 aromatic heterocycles. The third kappa shape index (κ3) is 6.28. The van der Waals surface area contributed by atoms with Crippen molar-refractivity contribution in [2.24, 2.45) is 4.99 Å². The van der Waals surface area contributed by atoms with E-state index in [0.29, 0.717) is 6.17 Å². The first-order valence-corrected chi connectivity index (χ1v) is 6.50. The van der Waals surface area contributed by atoms with Gasteiger partial charge in [0.15, 0.2) is 9.04 Å². The minimum atomic E-state index is -1.24. The molecule has 0 saturated carbocycles. The summed E-state index contributed by atoms with van der Waals surface area (Å²) in [6.45, 7) is 6.15. The van der Waals surface area contributed by atoms with Gasteiger partial charge in [-0.05, 0) is 19.9 Å². The molecule has 12 heavy (non-hydrogen) atoms. The molecule has 0 N–H and O–H groups in total. The van der Waals surface area contributed by atoms with E-state index < -0.39 is 9.04 Å². The normalized spacial score (nSPS) is 12.7. The molecule has 0 bridgehead atoms. The minimum absolute atomic E-state index is 0.259. The van der Waals surface area contributed by atoms with Crippen LogP contribution in [0.25, 0.3) is 0 Å². The van der Waals surface area contributed by atoms with Crippen molar-refractivity contribution in [3.63, 3.8) is 0 Å². The van der Waals surface area contributed by atoms with Crippen LogP contribution in [0, 0.1) is 0 Å². The van der Waals surface area contributed by atoms with Crippen LogP contribution < -0.4 is 0 Å². The highest BCUT2D eigenvalue weighted by atomic mass is 28.3. The molecule has 0 heterocycles. The summed E-state index contributed by atoms with van der Waals surface area (Å²) in [5.74, 6) is 0. The minimum Gasteiger partial charge on any atom is -0.416 e. The maximum Gasteiger partial charge on any atom is 0.234 e. The van der Waals surface area contributed by atoms with Crippen LogP contribution in [0.5, 0.6) is 0 Å². The maximum atomic E-state index is 9.87. The first-order valence-electron chi connectivity index (χ1n) is 4.39. The van der Waals surface area contributed by atoms with Gasteiger partial charge in [0, 0.05) is 6.10 Å². The molecule has 0 rings (SSSR count). The van der Waals surface area contributed by atoms with E-state index in [4.69, 9.17) is 4.43 Å². The Morgan fingerprint density at radius 1 is 1.58 bits per heavy atom. The fourth-order valence-corrected chi connectivity index (χ4v) is 3.14. The van der Waals surface area contributed by atoms with Crippen LogP contribution in [-0.2, 0) is 9.22 Å². The molecule has 0 radical (unpaired) electrons. The summed E-state index contributed by atoms with van der Waals surface area (Å²) in [6.07, 6.45) is 3.51. The number of carbonyl (C=O) groups excluding carboxylic acids is 1. The van der Waals surface area contributed by atoms with Crippen molar-refractivity contribution in [2.45, 2.75) is 39.3 Å². The van der Waals surface area contributed by atoms with Gasteiger partial charge in [-0.1, -0.05) is 13.3 Å². The van der Waals surface area contributed by atoms with E-state index in [1.54, 1.807) is 6.08 Å². The van der Waals surface area contributed by atoms with E-state index >= 15 is 0 Å². The quantitative estimate of drug-likeness (QED) is 0.358. The van der Waals surface area contributed by atoms with Crippen LogP contribution in [0.4, 0.5) is 0 Å². The average molecular weight is 187 g/mol. The van der Waals surface area contributed by atoms with E-state index in [1.165, 1.54) is 0 Å². The van der Waals surface area contributed by atoms with E-state index in [1.807, 2.05) is 13.8 Å². The van der Waals surface area contributed by atoms with Crippen LogP contribution >= 0.6 is 0 Å². The van der Waals surface area contributed by atoms with Crippen LogP contribution in [0.2, 0.25) is 6.04 Å². The van der Waals surface area contributed by atoms with E-state index in [-0.39, 0.29) is 6.10 Å². The summed E-state index contributed by atoms with van der Waals surface area (Å²) in [5, 5.41) is 0. The second kappa shape index (κ2) is 7.22. The molecular formula is C8H17NO2Si. The molecule has 70 valence electrons. The number of rotatable bonds is 6. The molecule has 0 aliphatic rings. The predicted molar refractivity (Wildman–Crippen MR) is 51.5 cm³/mol. The predicted octanol–water partition coefficient (Wildman–Crippen LogP) is 1.42. The molecule has 1 unspecified atom stereocenters. The number of aliphatic imine (C=N–C) groups is 1. The van der Waals surface area contributed by atoms with Crippen molar-refractivity contribution >= 4 is 15.1 Å². The first kappa shape index (κ1) is 11.6. The van der Waals surface area contributed by atoms with Crippen LogP contribution in [0.3, 0.4) is 0 Å². The highest BCUT2D eigenvalue weighted by Crippen LogP contribution is 2.02. The van der Waals surface area contributed by atoms with Crippen molar-refractivity contribution < 1.29 is 9.22 Å². The number of hydrogen-bond acceptors (Lipinski definition) is 3. The lowest BCUT2D eigenvalue weighted by Gasteiger charge is -2.15. The van der Waals surface area contributed by atoms with Crippen molar-refractivity contribution in [2.75, 3.05) is 6.17 Å². The summed E-state index contributed by atoms with van der Waals surface area (Å²) in [6, 6.07) is 1.09. The smallest absolute Gasteiger partial charge is 0.234 e. The van der Waals surface area contributed by atoms with E-state index in [0.717, 1.165) is 12.5 Å². The monoisotopic (exact) mass is 187 g/mol. The maximum absolute atomic E-state index is 9.87. The lowest BCUT2D eigenvalue weighted by atomic mass is 10.5. The van der Waals surface area contributed by atoms with Crippen molar-refractivity contribution in [3.8, 4) is 0 Å². The van der Waals surface area contributed by atoms with Crippen molar-refractivity contribution in [3.05, 3.63) is 0 Å². The third-order valence-corrected chi connectivity index (χ3v) is 4.18. The van der Waals surface area contributed by atoms with Gasteiger partial charge in [0.1, 0.15) is 0 Å². The lowest BCUT2D eigenvalue weighted by molar-refractivity contribution is 0.241. The Kier molecular flexibility index (Phi) is 6.95. The SMILES string of the molecule is CCC[SiH](CN=C=O)OC(C)C. The molecule has 0 aliphatic heterocycles. The van der Waals surface area contributed by atoms with Gasteiger partial charge >= 0.3 is 0 Å². The Labute approximate surface area is 75.6 Å². The fraction of sp³-hybridized carbons (Fsp3) is 0.875. The van der Waals surface area contributed by atoms with Crippen LogP contribution in [0.1, 0.15) is 27.2 Å². The van der Waals surface area contributed by atoms with Gasteiger partial charge in [-0.3, -0.25) is 0 Å². The zero-order chi connectivity index (χ0) is 9.40. The Morgan fingerprint density at radius 3 is 2.67 bits per heavy atom. The van der Waals surface area contributed by atoms with Gasteiger partial charge < -0.3 is 4.43 Å². The highest BCUT2D eigenvalue weighted by molar-refractivity contribution is 6.52. The summed E-state index contributed by atoms with van der Waals surface area (Å²) >= 11 is 0. The number of nitrogens with zero attached hydrogens (tertiary/aromatic N) is 1. The highest BCUT2D eigenvalue weighted by Gasteiger charge is 2.11. The molecule has 3 nitrogen and oxygen atoms in total. The molecule has 0 fully saturated rings. The summed E-state index contributed by atoms with van der Waals surface area (Å²) < 4.78 is 5.66. The molecule has 0 spiro atoms. The topological polar surface area (TPSA) is 38.7 Å².